The highest BCUT2D eigenvalue weighted by atomic mass is 79.9. The smallest absolute Gasteiger partial charge is 0.193 e. The predicted octanol–water partition coefficient (Wildman–Crippen LogP) is 8.24. The monoisotopic (exact) mass is 460 g/mol. The molecule has 0 aliphatic rings. The highest BCUT2D eigenvalue weighted by Gasteiger charge is 2.14. The summed E-state index contributed by atoms with van der Waals surface area (Å²) in [5.74, 6) is 0.0286. The molecule has 0 saturated carbocycles. The molecule has 0 aliphatic heterocycles. The lowest BCUT2D eigenvalue weighted by Gasteiger charge is -2.14. The third-order valence-electron chi connectivity index (χ3n) is 6.05. The lowest BCUT2D eigenvalue weighted by Crippen LogP contribution is -2.01. The molecule has 0 saturated heterocycles. The molecular weight excluding hydrogens is 444 g/mol. The van der Waals surface area contributed by atoms with Gasteiger partial charge in [-0.15, -0.1) is 0 Å². The van der Waals surface area contributed by atoms with Crippen molar-refractivity contribution in [3.63, 3.8) is 0 Å². The first-order chi connectivity index (χ1) is 15.2. The number of carbonyl (C=O) groups is 1. The van der Waals surface area contributed by atoms with Crippen LogP contribution in [0, 0.1) is 0 Å². The molecule has 0 aromatic heterocycles. The maximum atomic E-state index is 13.1. The molecule has 0 aliphatic carbocycles. The van der Waals surface area contributed by atoms with Crippen LogP contribution in [0.25, 0.3) is 43.4 Å². The molecule has 0 atom stereocenters. The summed E-state index contributed by atoms with van der Waals surface area (Å²) in [7, 11) is 0. The van der Waals surface area contributed by atoms with Gasteiger partial charge in [0.2, 0.25) is 0 Å². The van der Waals surface area contributed by atoms with Crippen LogP contribution in [0.1, 0.15) is 15.9 Å². The lowest BCUT2D eigenvalue weighted by molar-refractivity contribution is 0.103. The van der Waals surface area contributed by atoms with E-state index in [0.717, 1.165) is 15.6 Å². The predicted molar refractivity (Wildman–Crippen MR) is 133 cm³/mol. The Labute approximate surface area is 188 Å². The Morgan fingerprint density at radius 3 is 1.97 bits per heavy atom. The molecule has 2 heteroatoms. The van der Waals surface area contributed by atoms with Gasteiger partial charge in [-0.25, -0.2) is 0 Å². The van der Waals surface area contributed by atoms with E-state index in [1.165, 1.54) is 32.3 Å². The van der Waals surface area contributed by atoms with Gasteiger partial charge in [0.25, 0.3) is 0 Å². The Morgan fingerprint density at radius 1 is 0.581 bits per heavy atom. The Morgan fingerprint density at radius 2 is 1.19 bits per heavy atom. The minimum absolute atomic E-state index is 0.0286. The van der Waals surface area contributed by atoms with Gasteiger partial charge >= 0.3 is 0 Å². The zero-order valence-electron chi connectivity index (χ0n) is 16.6. The number of carbonyl (C=O) groups excluding carboxylic acids is 1. The number of hydrogen-bond acceptors (Lipinski definition) is 1. The van der Waals surface area contributed by atoms with E-state index in [0.29, 0.717) is 11.1 Å². The number of benzene rings is 6. The molecule has 0 bridgehead atoms. The molecule has 0 heterocycles. The summed E-state index contributed by atoms with van der Waals surface area (Å²) in [5.41, 5.74) is 3.58. The third-order valence-corrected chi connectivity index (χ3v) is 6.54. The molecule has 0 unspecified atom stereocenters. The maximum Gasteiger partial charge on any atom is 0.193 e. The second kappa shape index (κ2) is 7.04. The van der Waals surface area contributed by atoms with Crippen LogP contribution in [0.4, 0.5) is 0 Å². The van der Waals surface area contributed by atoms with E-state index in [1.54, 1.807) is 0 Å². The van der Waals surface area contributed by atoms with Gasteiger partial charge in [0, 0.05) is 15.6 Å². The molecular formula is C29H17BrO. The van der Waals surface area contributed by atoms with Crippen LogP contribution in [0.3, 0.4) is 0 Å². The van der Waals surface area contributed by atoms with Crippen LogP contribution >= 0.6 is 15.9 Å². The van der Waals surface area contributed by atoms with Crippen LogP contribution in [-0.2, 0) is 0 Å². The second-order valence-electron chi connectivity index (χ2n) is 7.89. The maximum absolute atomic E-state index is 13.1. The number of hydrogen-bond donors (Lipinski definition) is 0. The molecule has 146 valence electrons. The standard InChI is InChI=1S/C29H17BrO/c30-24-9-3-8-23(17-24)29(31)22-7-2-6-21(16-22)25-14-12-20-11-10-18-4-1-5-19-13-15-26(25)28(20)27(18)19/h1-17H. The van der Waals surface area contributed by atoms with E-state index < -0.39 is 0 Å². The van der Waals surface area contributed by atoms with Gasteiger partial charge in [-0.3, -0.25) is 4.79 Å². The zero-order chi connectivity index (χ0) is 20.9. The fourth-order valence-corrected chi connectivity index (χ4v) is 5.01. The summed E-state index contributed by atoms with van der Waals surface area (Å²) in [5, 5.41) is 7.56. The van der Waals surface area contributed by atoms with Crippen molar-refractivity contribution in [1.82, 2.24) is 0 Å². The molecule has 6 rings (SSSR count). The van der Waals surface area contributed by atoms with E-state index in [2.05, 4.69) is 76.6 Å². The van der Waals surface area contributed by atoms with Crippen LogP contribution < -0.4 is 0 Å². The van der Waals surface area contributed by atoms with Crippen molar-refractivity contribution < 1.29 is 4.79 Å². The van der Waals surface area contributed by atoms with Crippen molar-refractivity contribution in [2.45, 2.75) is 0 Å². The summed E-state index contributed by atoms with van der Waals surface area (Å²) in [6, 6.07) is 35.1. The fourth-order valence-electron chi connectivity index (χ4n) is 4.61. The van der Waals surface area contributed by atoms with E-state index >= 15 is 0 Å². The van der Waals surface area contributed by atoms with Gasteiger partial charge < -0.3 is 0 Å². The third kappa shape index (κ3) is 2.95. The first kappa shape index (κ1) is 18.3. The van der Waals surface area contributed by atoms with Gasteiger partial charge in [-0.2, -0.15) is 0 Å². The Bertz CT molecular complexity index is 1600. The van der Waals surface area contributed by atoms with Crippen molar-refractivity contribution in [3.05, 3.63) is 119 Å². The van der Waals surface area contributed by atoms with Crippen molar-refractivity contribution in [2.24, 2.45) is 0 Å². The molecule has 1 nitrogen and oxygen atoms in total. The number of halogens is 1. The normalized spacial score (nSPS) is 11.5. The second-order valence-corrected chi connectivity index (χ2v) is 8.81. The van der Waals surface area contributed by atoms with E-state index in [9.17, 15) is 4.79 Å². The SMILES string of the molecule is O=C(c1cccc(Br)c1)c1cccc(-c2ccc3ccc4cccc5ccc2c3c45)c1. The summed E-state index contributed by atoms with van der Waals surface area (Å²) >= 11 is 3.46. The average molecular weight is 461 g/mol. The minimum Gasteiger partial charge on any atom is -0.289 e. The van der Waals surface area contributed by atoms with Gasteiger partial charge in [0.1, 0.15) is 0 Å². The van der Waals surface area contributed by atoms with Crippen LogP contribution in [0.15, 0.2) is 108 Å². The molecule has 6 aromatic rings. The highest BCUT2D eigenvalue weighted by Crippen LogP contribution is 2.39. The molecule has 0 fully saturated rings. The molecule has 0 amide bonds. The summed E-state index contributed by atoms with van der Waals surface area (Å²) in [4.78, 5) is 13.1. The topological polar surface area (TPSA) is 17.1 Å². The zero-order valence-corrected chi connectivity index (χ0v) is 18.2. The highest BCUT2D eigenvalue weighted by molar-refractivity contribution is 9.10. The van der Waals surface area contributed by atoms with Gasteiger partial charge in [0.05, 0.1) is 0 Å². The summed E-state index contributed by atoms with van der Waals surface area (Å²) in [6.07, 6.45) is 0. The Hall–Kier alpha value is -3.49. The van der Waals surface area contributed by atoms with Gasteiger partial charge in [0.15, 0.2) is 5.78 Å². The van der Waals surface area contributed by atoms with E-state index in [-0.39, 0.29) is 5.78 Å². The Kier molecular flexibility index (Phi) is 4.15. The lowest BCUT2D eigenvalue weighted by atomic mass is 9.89. The van der Waals surface area contributed by atoms with Crippen LogP contribution in [0.2, 0.25) is 0 Å². The fraction of sp³-hybridized carbons (Fsp3) is 0. The first-order valence-corrected chi connectivity index (χ1v) is 11.1. The van der Waals surface area contributed by atoms with E-state index in [1.807, 2.05) is 42.5 Å². The summed E-state index contributed by atoms with van der Waals surface area (Å²) in [6.45, 7) is 0. The summed E-state index contributed by atoms with van der Waals surface area (Å²) < 4.78 is 0.904. The quantitative estimate of drug-likeness (QED) is 0.192. The molecule has 0 spiro atoms. The average Bonchev–Trinajstić information content (AvgIpc) is 2.82. The number of ketones is 1. The molecule has 0 radical (unpaired) electrons. The van der Waals surface area contributed by atoms with Crippen molar-refractivity contribution in [3.8, 4) is 11.1 Å². The first-order valence-electron chi connectivity index (χ1n) is 10.3. The van der Waals surface area contributed by atoms with Gasteiger partial charge in [-0.1, -0.05) is 101 Å². The van der Waals surface area contributed by atoms with Crippen molar-refractivity contribution in [1.29, 1.82) is 0 Å². The van der Waals surface area contributed by atoms with E-state index in [4.69, 9.17) is 0 Å². The largest absolute Gasteiger partial charge is 0.289 e. The van der Waals surface area contributed by atoms with Crippen LogP contribution in [-0.4, -0.2) is 5.78 Å². The van der Waals surface area contributed by atoms with Crippen molar-refractivity contribution >= 4 is 54.0 Å². The molecule has 6 aromatic carbocycles. The number of rotatable bonds is 3. The molecule has 0 N–H and O–H groups in total. The van der Waals surface area contributed by atoms with Crippen molar-refractivity contribution in [2.75, 3.05) is 0 Å². The molecule has 31 heavy (non-hydrogen) atoms. The van der Waals surface area contributed by atoms with Gasteiger partial charge in [-0.05, 0) is 61.6 Å². The van der Waals surface area contributed by atoms with Crippen LogP contribution in [0.5, 0.6) is 0 Å². The minimum atomic E-state index is 0.0286. The Balaban J connectivity index is 1.56.